The molecule has 0 unspecified atom stereocenters. The van der Waals surface area contributed by atoms with Crippen LogP contribution >= 0.6 is 0 Å². The van der Waals surface area contributed by atoms with Crippen LogP contribution < -0.4 is 5.32 Å². The fraction of sp³-hybridized carbons (Fsp3) is 0.333. The number of hydrogen-bond donors (Lipinski definition) is 1. The van der Waals surface area contributed by atoms with Crippen molar-refractivity contribution in [2.45, 2.75) is 51.0 Å². The van der Waals surface area contributed by atoms with Crippen LogP contribution in [0.1, 0.15) is 37.6 Å². The third-order valence-corrected chi connectivity index (χ3v) is 9.18. The molecule has 1 saturated carbocycles. The van der Waals surface area contributed by atoms with Crippen LogP contribution in [0.15, 0.2) is 77.7 Å². The van der Waals surface area contributed by atoms with Gasteiger partial charge in [-0.3, -0.25) is 0 Å². The van der Waals surface area contributed by atoms with E-state index >= 15 is 0 Å². The van der Waals surface area contributed by atoms with E-state index in [0.29, 0.717) is 28.0 Å². The molecule has 2 bridgehead atoms. The van der Waals surface area contributed by atoms with E-state index < -0.39 is 27.8 Å². The van der Waals surface area contributed by atoms with Gasteiger partial charge in [0.2, 0.25) is 15.8 Å². The number of halogens is 4. The molecule has 200 valence electrons. The summed E-state index contributed by atoms with van der Waals surface area (Å²) in [6.45, 7) is 2.02. The second-order valence-electron chi connectivity index (χ2n) is 9.70. The molecule has 6 rings (SSSR count). The van der Waals surface area contributed by atoms with Gasteiger partial charge in [-0.1, -0.05) is 35.9 Å². The molecule has 2 aromatic rings. The molecule has 11 heteroatoms. The summed E-state index contributed by atoms with van der Waals surface area (Å²) in [5.74, 6) is -1.48. The summed E-state index contributed by atoms with van der Waals surface area (Å²) in [4.78, 5) is 7.09. The zero-order valence-corrected chi connectivity index (χ0v) is 21.3. The molecule has 4 aliphatic rings. The maximum absolute atomic E-state index is 14.4. The second-order valence-corrected chi connectivity index (χ2v) is 11.6. The Morgan fingerprint density at radius 1 is 1.13 bits per heavy atom. The number of benzene rings is 1. The summed E-state index contributed by atoms with van der Waals surface area (Å²) >= 11 is 0. The van der Waals surface area contributed by atoms with Crippen molar-refractivity contribution in [1.29, 1.82) is 0 Å². The van der Waals surface area contributed by atoms with Gasteiger partial charge >= 0.3 is 6.18 Å². The van der Waals surface area contributed by atoms with Crippen LogP contribution in [0, 0.1) is 11.7 Å². The molecule has 6 nitrogen and oxygen atoms in total. The van der Waals surface area contributed by atoms with Crippen LogP contribution in [-0.2, 0) is 22.7 Å². The molecule has 2 aliphatic heterocycles. The fourth-order valence-electron chi connectivity index (χ4n) is 5.05. The largest absolute Gasteiger partial charge is 0.451 e. The van der Waals surface area contributed by atoms with Gasteiger partial charge in [0.15, 0.2) is 0 Å². The minimum Gasteiger partial charge on any atom is -0.387 e. The summed E-state index contributed by atoms with van der Waals surface area (Å²) in [6, 6.07) is 3.91. The van der Waals surface area contributed by atoms with Crippen molar-refractivity contribution >= 4 is 10.0 Å². The summed E-state index contributed by atoms with van der Waals surface area (Å²) in [5, 5.41) is 3.03. The number of nitrogens with zero attached hydrogens (tertiary/aromatic N) is 3. The van der Waals surface area contributed by atoms with Gasteiger partial charge in [-0.25, -0.2) is 22.8 Å². The van der Waals surface area contributed by atoms with Crippen molar-refractivity contribution in [1.82, 2.24) is 19.6 Å². The van der Waals surface area contributed by atoms with E-state index in [1.807, 2.05) is 31.2 Å². The van der Waals surface area contributed by atoms with E-state index in [0.717, 1.165) is 30.8 Å². The topological polar surface area (TPSA) is 75.2 Å². The molecule has 1 N–H and O–H groups in total. The Hall–Kier alpha value is -3.31. The maximum atomic E-state index is 14.4. The Morgan fingerprint density at radius 3 is 2.58 bits per heavy atom. The standard InChI is InChI=1S/C27H26F4N4O2S/c1-17-3-2-4-23(7-5-17)38(36,37)35-22-12-19(13-22)25(35)9-10-32-14-20-11-18(6-8-24(20)28)21-15-33-26(34-16-21)27(29,30)31/h2-3,5-11,15-16,19,22,25,32H,4,12-14H2,1H3/b10-9+/t19?,22?,25-/m1/s1. The number of rotatable bonds is 7. The number of allylic oxidation sites excluding steroid dienone is 6. The third-order valence-electron chi connectivity index (χ3n) is 7.12. The molecule has 0 spiro atoms. The van der Waals surface area contributed by atoms with Crippen LogP contribution in [0.4, 0.5) is 17.6 Å². The van der Waals surface area contributed by atoms with E-state index in [1.165, 1.54) is 18.2 Å². The number of alkyl halides is 3. The molecule has 0 radical (unpaired) electrons. The Labute approximate surface area is 218 Å². The van der Waals surface area contributed by atoms with Gasteiger partial charge in [0, 0.05) is 48.6 Å². The van der Waals surface area contributed by atoms with Crippen molar-refractivity contribution in [2.24, 2.45) is 5.92 Å². The zero-order chi connectivity index (χ0) is 27.1. The zero-order valence-electron chi connectivity index (χ0n) is 20.5. The molecule has 1 atom stereocenters. The van der Waals surface area contributed by atoms with Crippen molar-refractivity contribution < 1.29 is 26.0 Å². The molecule has 1 aromatic carbocycles. The molecule has 3 fully saturated rings. The number of aromatic nitrogens is 2. The molecule has 38 heavy (non-hydrogen) atoms. The van der Waals surface area contributed by atoms with Crippen molar-refractivity contribution in [3.05, 3.63) is 94.9 Å². The minimum atomic E-state index is -4.64. The smallest absolute Gasteiger partial charge is 0.387 e. The molecule has 1 aromatic heterocycles. The van der Waals surface area contributed by atoms with Crippen LogP contribution in [-0.4, -0.2) is 34.8 Å². The highest BCUT2D eigenvalue weighted by molar-refractivity contribution is 7.93. The lowest BCUT2D eigenvalue weighted by Gasteiger charge is -2.26. The third kappa shape index (κ3) is 5.17. The Kier molecular flexibility index (Phi) is 6.99. The minimum absolute atomic E-state index is 0.0158. The first kappa shape index (κ1) is 26.3. The first-order chi connectivity index (χ1) is 18.0. The van der Waals surface area contributed by atoms with E-state index in [1.54, 1.807) is 16.6 Å². The summed E-state index contributed by atoms with van der Waals surface area (Å²) in [5.41, 5.74) is 2.09. The second kappa shape index (κ2) is 10.1. The van der Waals surface area contributed by atoms with Gasteiger partial charge < -0.3 is 5.32 Å². The Morgan fingerprint density at radius 2 is 1.87 bits per heavy atom. The van der Waals surface area contributed by atoms with E-state index in [4.69, 9.17) is 0 Å². The van der Waals surface area contributed by atoms with Gasteiger partial charge in [0.25, 0.3) is 0 Å². The quantitative estimate of drug-likeness (QED) is 0.465. The van der Waals surface area contributed by atoms with Gasteiger partial charge in [-0.05, 0) is 55.7 Å². The van der Waals surface area contributed by atoms with Crippen LogP contribution in [0.3, 0.4) is 0 Å². The van der Waals surface area contributed by atoms with E-state index in [-0.39, 0.29) is 24.5 Å². The highest BCUT2D eigenvalue weighted by atomic mass is 32.2. The van der Waals surface area contributed by atoms with Crippen molar-refractivity contribution in [3.8, 4) is 11.1 Å². The SMILES string of the molecule is CC1=CC=C(S(=O)(=O)N2C3CC(C3)[C@H]2/C=C/NCc2cc(-c3cnc(C(F)(F)F)nc3)ccc2F)CC=C1. The van der Waals surface area contributed by atoms with Crippen LogP contribution in [0.2, 0.25) is 0 Å². The molecular weight excluding hydrogens is 520 g/mol. The molecule has 3 heterocycles. The van der Waals surface area contributed by atoms with E-state index in [9.17, 15) is 26.0 Å². The van der Waals surface area contributed by atoms with Crippen LogP contribution in [0.5, 0.6) is 0 Å². The number of nitrogens with one attached hydrogen (secondary N) is 1. The van der Waals surface area contributed by atoms with Crippen molar-refractivity contribution in [2.75, 3.05) is 0 Å². The average molecular weight is 547 g/mol. The lowest BCUT2D eigenvalue weighted by atomic mass is 9.83. The summed E-state index contributed by atoms with van der Waals surface area (Å²) in [7, 11) is -3.63. The molecular formula is C27H26F4N4O2S. The molecule has 2 saturated heterocycles. The Balaban J connectivity index is 1.27. The number of fused-ring (bicyclic) bond motifs is 1. The fourth-order valence-corrected chi connectivity index (χ4v) is 7.00. The van der Waals surface area contributed by atoms with E-state index in [2.05, 4.69) is 15.3 Å². The monoisotopic (exact) mass is 546 g/mol. The predicted octanol–water partition coefficient (Wildman–Crippen LogP) is 5.49. The number of sulfonamides is 1. The van der Waals surface area contributed by atoms with Gasteiger partial charge in [-0.15, -0.1) is 0 Å². The summed E-state index contributed by atoms with van der Waals surface area (Å²) < 4.78 is 81.2. The highest BCUT2D eigenvalue weighted by Crippen LogP contribution is 2.49. The average Bonchev–Trinajstić information content (AvgIpc) is 3.31. The lowest BCUT2D eigenvalue weighted by molar-refractivity contribution is -0.144. The predicted molar refractivity (Wildman–Crippen MR) is 135 cm³/mol. The molecule has 0 amide bonds. The molecule has 2 aliphatic carbocycles. The van der Waals surface area contributed by atoms with Crippen molar-refractivity contribution in [3.63, 3.8) is 0 Å². The summed E-state index contributed by atoms with van der Waals surface area (Å²) in [6.07, 6.45) is 10.2. The van der Waals surface area contributed by atoms with Crippen LogP contribution in [0.25, 0.3) is 11.1 Å². The first-order valence-corrected chi connectivity index (χ1v) is 13.6. The van der Waals surface area contributed by atoms with Gasteiger partial charge in [-0.2, -0.15) is 17.5 Å². The highest BCUT2D eigenvalue weighted by Gasteiger charge is 2.54. The normalized spacial score (nSPS) is 23.7. The van der Waals surface area contributed by atoms with Gasteiger partial charge in [0.05, 0.1) is 4.91 Å². The first-order valence-electron chi connectivity index (χ1n) is 12.2. The number of hydrogen-bond acceptors (Lipinski definition) is 5. The van der Waals surface area contributed by atoms with Gasteiger partial charge in [0.1, 0.15) is 5.82 Å². The Bertz CT molecular complexity index is 1440. The maximum Gasteiger partial charge on any atom is 0.451 e. The lowest BCUT2D eigenvalue weighted by Crippen LogP contribution is -2.37.